The Labute approximate surface area is 212 Å². The van der Waals surface area contributed by atoms with Crippen molar-refractivity contribution < 1.29 is 37.8 Å². The highest BCUT2D eigenvalue weighted by Crippen LogP contribution is 2.37. The summed E-state index contributed by atoms with van der Waals surface area (Å²) in [7, 11) is 0. The maximum absolute atomic E-state index is 13.6. The van der Waals surface area contributed by atoms with Gasteiger partial charge >= 0.3 is 6.18 Å². The molecule has 1 aromatic heterocycles. The summed E-state index contributed by atoms with van der Waals surface area (Å²) < 4.78 is 45.7. The van der Waals surface area contributed by atoms with Crippen LogP contribution in [0.2, 0.25) is 0 Å². The molecule has 1 aliphatic heterocycles. The standard InChI is InChI=1S/C25H31F3N4O5/c1-3-6-20(24(35,23(34)30-36)17-8-10-18(11-9-17)37-4-2)22(33)32-15-13-31(14-16-32)21-19(25(26,27)28)7-5-12-29-21/h5,7-12,20,35-36H,3-4,6,13-16H2,1-2H3,(H,30,34). The SMILES string of the molecule is CCCC(C(=O)N1CCN(c2ncccc2C(F)(F)F)CC1)C(O)(C(=O)NO)c1ccc(OCC)cc1. The lowest BCUT2D eigenvalue weighted by molar-refractivity contribution is -0.166. The normalized spacial score (nSPS) is 16.6. The molecule has 0 spiro atoms. The second-order valence-corrected chi connectivity index (χ2v) is 8.69. The number of alkyl halides is 3. The number of hydroxylamine groups is 1. The predicted molar refractivity (Wildman–Crippen MR) is 128 cm³/mol. The van der Waals surface area contributed by atoms with E-state index in [1.807, 2.05) is 0 Å². The number of rotatable bonds is 9. The van der Waals surface area contributed by atoms with Gasteiger partial charge < -0.3 is 19.6 Å². The van der Waals surface area contributed by atoms with E-state index in [9.17, 15) is 33.1 Å². The third kappa shape index (κ3) is 5.96. The molecule has 0 saturated carbocycles. The molecule has 3 N–H and O–H groups in total. The zero-order valence-corrected chi connectivity index (χ0v) is 20.7. The van der Waals surface area contributed by atoms with Gasteiger partial charge in [0.05, 0.1) is 18.1 Å². The number of ether oxygens (including phenoxy) is 1. The average molecular weight is 525 g/mol. The van der Waals surface area contributed by atoms with Gasteiger partial charge in [0.25, 0.3) is 5.91 Å². The van der Waals surface area contributed by atoms with Crippen LogP contribution in [0, 0.1) is 5.92 Å². The minimum Gasteiger partial charge on any atom is -0.494 e. The van der Waals surface area contributed by atoms with E-state index in [1.54, 1.807) is 26.0 Å². The van der Waals surface area contributed by atoms with E-state index in [2.05, 4.69) is 4.98 Å². The number of aliphatic hydroxyl groups is 1. The molecular formula is C25H31F3N4O5. The van der Waals surface area contributed by atoms with Gasteiger partial charge in [0.1, 0.15) is 11.6 Å². The van der Waals surface area contributed by atoms with Crippen LogP contribution in [-0.4, -0.2) is 64.8 Å². The second kappa shape index (κ2) is 11.8. The molecule has 2 aromatic rings. The molecule has 37 heavy (non-hydrogen) atoms. The van der Waals surface area contributed by atoms with Gasteiger partial charge in [-0.3, -0.25) is 14.8 Å². The van der Waals surface area contributed by atoms with Crippen molar-refractivity contribution in [3.8, 4) is 5.75 Å². The molecule has 9 nitrogen and oxygen atoms in total. The molecule has 2 unspecified atom stereocenters. The number of nitrogens with one attached hydrogen (secondary N) is 1. The van der Waals surface area contributed by atoms with E-state index in [0.717, 1.165) is 6.07 Å². The fourth-order valence-electron chi connectivity index (χ4n) is 4.58. The summed E-state index contributed by atoms with van der Waals surface area (Å²) in [6.07, 6.45) is -2.73. The Morgan fingerprint density at radius 2 is 1.76 bits per heavy atom. The zero-order valence-electron chi connectivity index (χ0n) is 20.7. The number of carbonyl (C=O) groups excluding carboxylic acids is 2. The quantitative estimate of drug-likeness (QED) is 0.341. The first-order valence-electron chi connectivity index (χ1n) is 12.0. The first-order valence-corrected chi connectivity index (χ1v) is 12.0. The number of halogens is 3. The predicted octanol–water partition coefficient (Wildman–Crippen LogP) is 2.96. The lowest BCUT2D eigenvalue weighted by atomic mass is 9.77. The second-order valence-electron chi connectivity index (χ2n) is 8.69. The van der Waals surface area contributed by atoms with E-state index < -0.39 is 35.1 Å². The minimum atomic E-state index is -4.57. The van der Waals surface area contributed by atoms with Crippen LogP contribution in [0.25, 0.3) is 0 Å². The number of nitrogens with zero attached hydrogens (tertiary/aromatic N) is 3. The number of hydrogen-bond donors (Lipinski definition) is 3. The number of pyridine rings is 1. The molecule has 2 heterocycles. The summed E-state index contributed by atoms with van der Waals surface area (Å²) in [5.41, 5.74) is -1.68. The summed E-state index contributed by atoms with van der Waals surface area (Å²) in [5, 5.41) is 21.0. The van der Waals surface area contributed by atoms with Crippen molar-refractivity contribution in [3.05, 3.63) is 53.7 Å². The molecule has 0 aliphatic carbocycles. The number of piperazine rings is 1. The molecule has 0 bridgehead atoms. The Morgan fingerprint density at radius 3 is 2.30 bits per heavy atom. The van der Waals surface area contributed by atoms with E-state index >= 15 is 0 Å². The molecule has 1 aliphatic rings. The van der Waals surface area contributed by atoms with Crippen LogP contribution in [0.15, 0.2) is 42.6 Å². The lowest BCUT2D eigenvalue weighted by Crippen LogP contribution is -2.57. The zero-order chi connectivity index (χ0) is 27.2. The van der Waals surface area contributed by atoms with Gasteiger partial charge in [-0.05, 0) is 43.2 Å². The van der Waals surface area contributed by atoms with Crippen LogP contribution in [0.3, 0.4) is 0 Å². The van der Waals surface area contributed by atoms with Crippen LogP contribution in [0.1, 0.15) is 37.8 Å². The Kier molecular flexibility index (Phi) is 8.98. The van der Waals surface area contributed by atoms with Gasteiger partial charge in [-0.25, -0.2) is 10.5 Å². The first kappa shape index (κ1) is 28.2. The summed E-state index contributed by atoms with van der Waals surface area (Å²) in [6, 6.07) is 8.18. The summed E-state index contributed by atoms with van der Waals surface area (Å²) in [6.45, 7) is 4.29. The molecule has 1 fully saturated rings. The highest BCUT2D eigenvalue weighted by atomic mass is 19.4. The molecule has 1 saturated heterocycles. The smallest absolute Gasteiger partial charge is 0.419 e. The number of benzene rings is 1. The van der Waals surface area contributed by atoms with E-state index in [-0.39, 0.29) is 44.0 Å². The topological polar surface area (TPSA) is 115 Å². The average Bonchev–Trinajstić information content (AvgIpc) is 2.90. The van der Waals surface area contributed by atoms with Crippen molar-refractivity contribution in [1.29, 1.82) is 0 Å². The van der Waals surface area contributed by atoms with Crippen molar-refractivity contribution in [2.45, 2.75) is 38.5 Å². The molecule has 1 aromatic carbocycles. The number of hydrogen-bond acceptors (Lipinski definition) is 7. The molecule has 202 valence electrons. The molecular weight excluding hydrogens is 493 g/mol. The fraction of sp³-hybridized carbons (Fsp3) is 0.480. The van der Waals surface area contributed by atoms with Crippen molar-refractivity contribution in [2.24, 2.45) is 5.92 Å². The van der Waals surface area contributed by atoms with E-state index in [4.69, 9.17) is 4.74 Å². The van der Waals surface area contributed by atoms with Gasteiger partial charge in [-0.2, -0.15) is 13.2 Å². The number of anilines is 1. The van der Waals surface area contributed by atoms with Crippen molar-refractivity contribution in [2.75, 3.05) is 37.7 Å². The third-order valence-corrected chi connectivity index (χ3v) is 6.42. The highest BCUT2D eigenvalue weighted by Gasteiger charge is 2.50. The van der Waals surface area contributed by atoms with Crippen LogP contribution in [0.4, 0.5) is 19.0 Å². The van der Waals surface area contributed by atoms with E-state index in [0.29, 0.717) is 18.8 Å². The molecule has 2 amide bonds. The molecule has 12 heteroatoms. The van der Waals surface area contributed by atoms with Gasteiger partial charge in [-0.15, -0.1) is 0 Å². The van der Waals surface area contributed by atoms with Crippen molar-refractivity contribution >= 4 is 17.6 Å². The van der Waals surface area contributed by atoms with Crippen LogP contribution >= 0.6 is 0 Å². The van der Waals surface area contributed by atoms with Gasteiger partial charge in [0, 0.05) is 32.4 Å². The van der Waals surface area contributed by atoms with Crippen LogP contribution in [-0.2, 0) is 21.4 Å². The lowest BCUT2D eigenvalue weighted by Gasteiger charge is -2.41. The van der Waals surface area contributed by atoms with Crippen LogP contribution < -0.4 is 15.1 Å². The van der Waals surface area contributed by atoms with Gasteiger partial charge in [0.2, 0.25) is 5.91 Å². The summed E-state index contributed by atoms with van der Waals surface area (Å²) in [4.78, 5) is 33.2. The van der Waals surface area contributed by atoms with Crippen molar-refractivity contribution in [1.82, 2.24) is 15.4 Å². The monoisotopic (exact) mass is 524 g/mol. The molecule has 3 rings (SSSR count). The maximum Gasteiger partial charge on any atom is 0.419 e. The fourth-order valence-corrected chi connectivity index (χ4v) is 4.58. The van der Waals surface area contributed by atoms with E-state index in [1.165, 1.54) is 39.7 Å². The highest BCUT2D eigenvalue weighted by molar-refractivity contribution is 5.93. The van der Waals surface area contributed by atoms with Crippen molar-refractivity contribution in [3.63, 3.8) is 0 Å². The Bertz CT molecular complexity index is 1070. The Hall–Kier alpha value is -3.38. The number of amides is 2. The summed E-state index contributed by atoms with van der Waals surface area (Å²) in [5.74, 6) is -2.67. The minimum absolute atomic E-state index is 0.0625. The number of carbonyl (C=O) groups is 2. The number of aromatic nitrogens is 1. The Balaban J connectivity index is 1.85. The molecule has 2 atom stereocenters. The first-order chi connectivity index (χ1) is 17.6. The summed E-state index contributed by atoms with van der Waals surface area (Å²) >= 11 is 0. The maximum atomic E-state index is 13.6. The largest absolute Gasteiger partial charge is 0.494 e. The van der Waals surface area contributed by atoms with Gasteiger partial charge in [0.15, 0.2) is 5.60 Å². The van der Waals surface area contributed by atoms with Crippen LogP contribution in [0.5, 0.6) is 5.75 Å². The Morgan fingerprint density at radius 1 is 1.11 bits per heavy atom. The van der Waals surface area contributed by atoms with Gasteiger partial charge in [-0.1, -0.05) is 25.5 Å². The molecule has 0 radical (unpaired) electrons. The third-order valence-electron chi connectivity index (χ3n) is 6.42.